The predicted molar refractivity (Wildman–Crippen MR) is 124 cm³/mol. The fraction of sp³-hybridized carbons (Fsp3) is 0.348. The highest BCUT2D eigenvalue weighted by Crippen LogP contribution is 2.44. The lowest BCUT2D eigenvalue weighted by molar-refractivity contribution is -0.137. The predicted octanol–water partition coefficient (Wildman–Crippen LogP) is 1.55. The van der Waals surface area contributed by atoms with E-state index in [4.69, 9.17) is 15.0 Å². The molecule has 0 aliphatic heterocycles. The summed E-state index contributed by atoms with van der Waals surface area (Å²) in [6.45, 7) is 1.06. The van der Waals surface area contributed by atoms with Gasteiger partial charge in [-0.2, -0.15) is 0 Å². The molecule has 2 unspecified atom stereocenters. The lowest BCUT2D eigenvalue weighted by Crippen LogP contribution is -2.49. The first-order valence-electron chi connectivity index (χ1n) is 10.7. The second-order valence-corrected chi connectivity index (χ2v) is 10.1. The number of carbonyl (C=O) groups excluding carboxylic acids is 2. The summed E-state index contributed by atoms with van der Waals surface area (Å²) in [4.78, 5) is 36.0. The number of carboxylic acid groups (broad SMARTS) is 1. The number of aliphatic carboxylic acids is 1. The van der Waals surface area contributed by atoms with Gasteiger partial charge in [0.05, 0.1) is 5.25 Å². The van der Waals surface area contributed by atoms with E-state index >= 15 is 0 Å². The van der Waals surface area contributed by atoms with E-state index in [0.29, 0.717) is 0 Å². The molecule has 2 aromatic rings. The van der Waals surface area contributed by atoms with Crippen LogP contribution in [0.25, 0.3) is 11.1 Å². The molecule has 0 saturated carbocycles. The van der Waals surface area contributed by atoms with Gasteiger partial charge in [-0.15, -0.1) is 0 Å². The van der Waals surface area contributed by atoms with Gasteiger partial charge in [0.25, 0.3) is 0 Å². The molecule has 0 fully saturated rings. The van der Waals surface area contributed by atoms with Gasteiger partial charge in [-0.1, -0.05) is 48.5 Å². The van der Waals surface area contributed by atoms with Crippen molar-refractivity contribution in [2.24, 2.45) is 5.14 Å². The highest BCUT2D eigenvalue weighted by Gasteiger charge is 2.30. The molecule has 11 heteroatoms. The summed E-state index contributed by atoms with van der Waals surface area (Å²) >= 11 is 0. The van der Waals surface area contributed by atoms with Crippen molar-refractivity contribution in [1.29, 1.82) is 0 Å². The number of hydrogen-bond acceptors (Lipinski definition) is 6. The number of primary sulfonamides is 1. The summed E-state index contributed by atoms with van der Waals surface area (Å²) in [5.41, 5.74) is 4.17. The maximum atomic E-state index is 12.5. The van der Waals surface area contributed by atoms with E-state index < -0.39 is 39.3 Å². The van der Waals surface area contributed by atoms with Gasteiger partial charge in [-0.3, -0.25) is 9.59 Å². The average Bonchev–Trinajstić information content (AvgIpc) is 3.11. The number of alkyl carbamates (subject to hydrolysis) is 1. The Morgan fingerprint density at radius 3 is 2.15 bits per heavy atom. The van der Waals surface area contributed by atoms with E-state index in [1.54, 1.807) is 0 Å². The maximum Gasteiger partial charge on any atom is 0.407 e. The summed E-state index contributed by atoms with van der Waals surface area (Å²) in [6, 6.07) is 14.4. The Morgan fingerprint density at radius 1 is 1.06 bits per heavy atom. The maximum absolute atomic E-state index is 12.5. The standard InChI is InChI=1S/C23H27N3O7S/c1-14(34(24,31)32)12-25-22(29)20(10-11-21(27)28)26-23(30)33-13-19-17-8-4-2-6-15(17)16-7-3-5-9-18(16)19/h2-9,14,19-20H,10-13H2,1H3,(H,25,29)(H,26,30)(H,27,28)(H2,24,31,32). The zero-order valence-corrected chi connectivity index (χ0v) is 19.4. The highest BCUT2D eigenvalue weighted by atomic mass is 32.2. The number of carbonyl (C=O) groups is 3. The van der Waals surface area contributed by atoms with Crippen molar-refractivity contribution in [2.75, 3.05) is 13.2 Å². The zero-order valence-electron chi connectivity index (χ0n) is 18.6. The van der Waals surface area contributed by atoms with Crippen LogP contribution in [-0.2, 0) is 24.3 Å². The Kier molecular flexibility index (Phi) is 7.90. The summed E-state index contributed by atoms with van der Waals surface area (Å²) in [7, 11) is -3.86. The quantitative estimate of drug-likeness (QED) is 0.393. The van der Waals surface area contributed by atoms with Crippen LogP contribution in [-0.4, -0.2) is 55.9 Å². The average molecular weight is 490 g/mol. The van der Waals surface area contributed by atoms with Crippen molar-refractivity contribution < 1.29 is 32.6 Å². The molecular weight excluding hydrogens is 462 g/mol. The van der Waals surface area contributed by atoms with Crippen molar-refractivity contribution in [3.8, 4) is 11.1 Å². The van der Waals surface area contributed by atoms with Crippen LogP contribution in [0.1, 0.15) is 36.8 Å². The summed E-state index contributed by atoms with van der Waals surface area (Å²) < 4.78 is 28.1. The van der Waals surface area contributed by atoms with Crippen LogP contribution in [0.15, 0.2) is 48.5 Å². The fourth-order valence-corrected chi connectivity index (χ4v) is 4.12. The molecule has 0 bridgehead atoms. The lowest BCUT2D eigenvalue weighted by Gasteiger charge is -2.20. The van der Waals surface area contributed by atoms with E-state index in [2.05, 4.69) is 10.6 Å². The second-order valence-electron chi connectivity index (χ2n) is 8.10. The minimum Gasteiger partial charge on any atom is -0.481 e. The van der Waals surface area contributed by atoms with E-state index in [-0.39, 0.29) is 31.9 Å². The first-order valence-corrected chi connectivity index (χ1v) is 12.3. The van der Waals surface area contributed by atoms with E-state index in [1.807, 2.05) is 48.5 Å². The van der Waals surface area contributed by atoms with Gasteiger partial charge in [0.2, 0.25) is 15.9 Å². The molecule has 182 valence electrons. The Bertz CT molecular complexity index is 1140. The van der Waals surface area contributed by atoms with Gasteiger partial charge in [0, 0.05) is 18.9 Å². The van der Waals surface area contributed by atoms with Crippen molar-refractivity contribution >= 4 is 28.0 Å². The molecule has 0 spiro atoms. The van der Waals surface area contributed by atoms with E-state index in [9.17, 15) is 22.8 Å². The molecule has 10 nitrogen and oxygen atoms in total. The number of fused-ring (bicyclic) bond motifs is 3. The first kappa shape index (κ1) is 25.2. The molecule has 5 N–H and O–H groups in total. The number of rotatable bonds is 10. The monoisotopic (exact) mass is 489 g/mol. The molecule has 3 rings (SSSR count). The van der Waals surface area contributed by atoms with Gasteiger partial charge < -0.3 is 20.5 Å². The smallest absolute Gasteiger partial charge is 0.407 e. The minimum absolute atomic E-state index is 0.0234. The molecule has 2 amide bonds. The highest BCUT2D eigenvalue weighted by molar-refractivity contribution is 7.89. The normalized spacial score (nSPS) is 14.4. The Morgan fingerprint density at radius 2 is 1.62 bits per heavy atom. The SMILES string of the molecule is CC(CNC(=O)C(CCC(=O)O)NC(=O)OCC1c2ccccc2-c2ccccc21)S(N)(=O)=O. The fourth-order valence-electron chi connectivity index (χ4n) is 3.80. The van der Waals surface area contributed by atoms with Gasteiger partial charge in [-0.25, -0.2) is 18.4 Å². The van der Waals surface area contributed by atoms with Crippen molar-refractivity contribution in [1.82, 2.24) is 10.6 Å². The van der Waals surface area contributed by atoms with Crippen LogP contribution in [0.5, 0.6) is 0 Å². The third kappa shape index (κ3) is 6.12. The molecule has 0 radical (unpaired) electrons. The third-order valence-electron chi connectivity index (χ3n) is 5.72. The molecule has 2 atom stereocenters. The Labute approximate surface area is 197 Å². The molecule has 0 saturated heterocycles. The lowest BCUT2D eigenvalue weighted by atomic mass is 9.98. The summed E-state index contributed by atoms with van der Waals surface area (Å²) in [5.74, 6) is -2.06. The Hall–Kier alpha value is -3.44. The molecule has 2 aromatic carbocycles. The minimum atomic E-state index is -3.86. The van der Waals surface area contributed by atoms with Crippen LogP contribution in [0.3, 0.4) is 0 Å². The zero-order chi connectivity index (χ0) is 24.9. The van der Waals surface area contributed by atoms with Crippen molar-refractivity contribution in [3.63, 3.8) is 0 Å². The van der Waals surface area contributed by atoms with Crippen LogP contribution in [0, 0.1) is 0 Å². The largest absolute Gasteiger partial charge is 0.481 e. The number of sulfonamides is 1. The van der Waals surface area contributed by atoms with E-state index in [0.717, 1.165) is 22.3 Å². The van der Waals surface area contributed by atoms with Crippen LogP contribution in [0.4, 0.5) is 4.79 Å². The number of benzene rings is 2. The molecule has 0 heterocycles. The van der Waals surface area contributed by atoms with Crippen LogP contribution in [0.2, 0.25) is 0 Å². The first-order chi connectivity index (χ1) is 16.1. The van der Waals surface area contributed by atoms with Crippen LogP contribution >= 0.6 is 0 Å². The number of ether oxygens (including phenoxy) is 1. The number of hydrogen-bond donors (Lipinski definition) is 4. The number of nitrogens with two attached hydrogens (primary N) is 1. The topological polar surface area (TPSA) is 165 Å². The Balaban J connectivity index is 1.64. The number of carboxylic acids is 1. The van der Waals surface area contributed by atoms with Gasteiger partial charge in [0.1, 0.15) is 12.6 Å². The second kappa shape index (κ2) is 10.7. The third-order valence-corrected chi connectivity index (χ3v) is 7.01. The summed E-state index contributed by atoms with van der Waals surface area (Å²) in [6.07, 6.45) is -1.46. The van der Waals surface area contributed by atoms with Crippen molar-refractivity contribution in [3.05, 3.63) is 59.7 Å². The number of nitrogens with one attached hydrogen (secondary N) is 2. The van der Waals surface area contributed by atoms with Gasteiger partial charge in [0.15, 0.2) is 0 Å². The molecule has 0 aromatic heterocycles. The molecule has 1 aliphatic rings. The van der Waals surface area contributed by atoms with Gasteiger partial charge in [-0.05, 0) is 35.6 Å². The molecular formula is C23H27N3O7S. The molecule has 1 aliphatic carbocycles. The van der Waals surface area contributed by atoms with E-state index in [1.165, 1.54) is 6.92 Å². The van der Waals surface area contributed by atoms with Crippen LogP contribution < -0.4 is 15.8 Å². The molecule has 34 heavy (non-hydrogen) atoms. The van der Waals surface area contributed by atoms with Gasteiger partial charge >= 0.3 is 12.1 Å². The van der Waals surface area contributed by atoms with Crippen molar-refractivity contribution in [2.45, 2.75) is 37.0 Å². The number of amides is 2. The summed E-state index contributed by atoms with van der Waals surface area (Å²) in [5, 5.41) is 17.7.